The number of pyridine rings is 1. The van der Waals surface area contributed by atoms with Crippen LogP contribution in [0, 0.1) is 6.92 Å². The number of fused-ring (bicyclic) bond motifs is 5. The lowest BCUT2D eigenvalue weighted by Gasteiger charge is -2.09. The molecule has 1 N–H and O–H groups in total. The summed E-state index contributed by atoms with van der Waals surface area (Å²) in [5.74, 6) is 0.748. The summed E-state index contributed by atoms with van der Waals surface area (Å²) in [6, 6.07) is 8.01. The highest BCUT2D eigenvalue weighted by atomic mass is 35.5. The molecule has 4 rings (SSSR count). The Labute approximate surface area is 144 Å². The average molecular weight is 341 g/mol. The second-order valence-electron chi connectivity index (χ2n) is 5.84. The van der Waals surface area contributed by atoms with Crippen LogP contribution < -0.4 is 4.74 Å². The second-order valence-corrected chi connectivity index (χ2v) is 6.24. The van der Waals surface area contributed by atoms with E-state index in [1.165, 1.54) is 0 Å². The van der Waals surface area contributed by atoms with Crippen LogP contribution in [-0.2, 0) is 4.74 Å². The maximum Gasteiger partial charge on any atom is 0.121 e. The number of rotatable bonds is 4. The number of nitrogens with one attached hydrogen (secondary N) is 1. The van der Waals surface area contributed by atoms with Crippen LogP contribution in [0.1, 0.15) is 5.56 Å². The van der Waals surface area contributed by atoms with E-state index in [9.17, 15) is 0 Å². The maximum absolute atomic E-state index is 6.61. The number of nitrogens with zero attached hydrogens (tertiary/aromatic N) is 1. The first kappa shape index (κ1) is 15.2. The molecule has 0 spiro atoms. The van der Waals surface area contributed by atoms with Crippen molar-refractivity contribution in [2.75, 3.05) is 20.3 Å². The Hall–Kier alpha value is -2.30. The molecule has 0 saturated carbocycles. The van der Waals surface area contributed by atoms with Crippen molar-refractivity contribution in [3.63, 3.8) is 0 Å². The molecule has 2 aromatic heterocycles. The van der Waals surface area contributed by atoms with Gasteiger partial charge in [0.1, 0.15) is 12.4 Å². The monoisotopic (exact) mass is 340 g/mol. The van der Waals surface area contributed by atoms with Gasteiger partial charge in [-0.25, -0.2) is 0 Å². The van der Waals surface area contributed by atoms with Crippen molar-refractivity contribution >= 4 is 44.2 Å². The molecule has 24 heavy (non-hydrogen) atoms. The third kappa shape index (κ3) is 2.39. The number of hydrogen-bond donors (Lipinski definition) is 1. The molecule has 0 aliphatic rings. The van der Waals surface area contributed by atoms with Gasteiger partial charge in [0, 0.05) is 41.2 Å². The Bertz CT molecular complexity index is 1060. The van der Waals surface area contributed by atoms with E-state index in [4.69, 9.17) is 21.1 Å². The smallest absolute Gasteiger partial charge is 0.121 e. The zero-order chi connectivity index (χ0) is 16.7. The molecule has 0 aliphatic carbocycles. The molecule has 0 aliphatic heterocycles. The normalized spacial score (nSPS) is 11.6. The SMILES string of the molecule is COCCOc1cc(Cl)c2c(ccc3[nH]c4c(C)cncc4c32)c1. The van der Waals surface area contributed by atoms with Crippen molar-refractivity contribution in [1.29, 1.82) is 0 Å². The minimum Gasteiger partial charge on any atom is -0.491 e. The van der Waals surface area contributed by atoms with Crippen molar-refractivity contribution in [1.82, 2.24) is 9.97 Å². The average Bonchev–Trinajstić information content (AvgIpc) is 2.95. The first-order valence-corrected chi connectivity index (χ1v) is 8.17. The minimum atomic E-state index is 0.497. The van der Waals surface area contributed by atoms with Crippen LogP contribution in [-0.4, -0.2) is 30.3 Å². The van der Waals surface area contributed by atoms with Gasteiger partial charge in [0.15, 0.2) is 0 Å². The van der Waals surface area contributed by atoms with Gasteiger partial charge < -0.3 is 14.5 Å². The standard InChI is InChI=1S/C19H17ClN2O2/c1-11-9-21-10-14-18-16(22-19(11)14)4-3-12-7-13(24-6-5-23-2)8-15(20)17(12)18/h3-4,7-10,22H,5-6H2,1-2H3. The van der Waals surface area contributed by atoms with Crippen molar-refractivity contribution in [2.24, 2.45) is 0 Å². The van der Waals surface area contributed by atoms with E-state index < -0.39 is 0 Å². The number of ether oxygens (including phenoxy) is 2. The van der Waals surface area contributed by atoms with Gasteiger partial charge in [0.25, 0.3) is 0 Å². The fraction of sp³-hybridized carbons (Fsp3) is 0.211. The molecular formula is C19H17ClN2O2. The Kier molecular flexibility index (Phi) is 3.79. The number of methoxy groups -OCH3 is 1. The number of aryl methyl sites for hydroxylation is 1. The molecule has 2 heterocycles. The molecule has 0 bridgehead atoms. The Morgan fingerprint density at radius 1 is 1.12 bits per heavy atom. The second kappa shape index (κ2) is 5.96. The van der Waals surface area contributed by atoms with Gasteiger partial charge >= 0.3 is 0 Å². The Balaban J connectivity index is 1.97. The van der Waals surface area contributed by atoms with Crippen LogP contribution in [0.15, 0.2) is 36.7 Å². The number of aromatic amines is 1. The Morgan fingerprint density at radius 3 is 2.83 bits per heavy atom. The fourth-order valence-corrected chi connectivity index (χ4v) is 3.46. The van der Waals surface area contributed by atoms with E-state index in [2.05, 4.69) is 29.0 Å². The number of halogens is 1. The summed E-state index contributed by atoms with van der Waals surface area (Å²) in [7, 11) is 1.65. The van der Waals surface area contributed by atoms with Gasteiger partial charge in [-0.3, -0.25) is 4.98 Å². The topological polar surface area (TPSA) is 47.1 Å². The van der Waals surface area contributed by atoms with Crippen molar-refractivity contribution < 1.29 is 9.47 Å². The third-order valence-corrected chi connectivity index (χ3v) is 4.56. The van der Waals surface area contributed by atoms with E-state index in [-0.39, 0.29) is 0 Å². The number of H-pyrrole nitrogens is 1. The maximum atomic E-state index is 6.61. The molecule has 0 saturated heterocycles. The third-order valence-electron chi connectivity index (χ3n) is 4.26. The molecule has 5 heteroatoms. The number of benzene rings is 2. The summed E-state index contributed by atoms with van der Waals surface area (Å²) in [5.41, 5.74) is 3.28. The van der Waals surface area contributed by atoms with Crippen LogP contribution in [0.2, 0.25) is 5.02 Å². The van der Waals surface area contributed by atoms with E-state index in [0.717, 1.165) is 43.9 Å². The van der Waals surface area contributed by atoms with Crippen molar-refractivity contribution in [2.45, 2.75) is 6.92 Å². The van der Waals surface area contributed by atoms with E-state index in [0.29, 0.717) is 18.2 Å². The van der Waals surface area contributed by atoms with E-state index in [1.807, 2.05) is 24.5 Å². The van der Waals surface area contributed by atoms with E-state index >= 15 is 0 Å². The summed E-state index contributed by atoms with van der Waals surface area (Å²) < 4.78 is 10.7. The van der Waals surface area contributed by atoms with E-state index in [1.54, 1.807) is 7.11 Å². The molecule has 0 unspecified atom stereocenters. The van der Waals surface area contributed by atoms with Gasteiger partial charge in [0.05, 0.1) is 17.1 Å². The molecule has 0 amide bonds. The predicted molar refractivity (Wildman–Crippen MR) is 98.2 cm³/mol. The van der Waals surface area contributed by atoms with Gasteiger partial charge in [-0.05, 0) is 36.1 Å². The summed E-state index contributed by atoms with van der Waals surface area (Å²) in [5, 5.41) is 4.93. The highest BCUT2D eigenvalue weighted by molar-refractivity contribution is 6.39. The van der Waals surface area contributed by atoms with Crippen LogP contribution >= 0.6 is 11.6 Å². The summed E-state index contributed by atoms with van der Waals surface area (Å²) >= 11 is 6.61. The number of aromatic nitrogens is 2. The van der Waals surface area contributed by atoms with Crippen LogP contribution in [0.25, 0.3) is 32.6 Å². The molecule has 0 fully saturated rings. The van der Waals surface area contributed by atoms with Crippen molar-refractivity contribution in [3.05, 3.63) is 47.2 Å². The summed E-state index contributed by atoms with van der Waals surface area (Å²) in [6.45, 7) is 3.09. The van der Waals surface area contributed by atoms with Gasteiger partial charge in [-0.15, -0.1) is 0 Å². The number of hydrogen-bond acceptors (Lipinski definition) is 3. The Morgan fingerprint density at radius 2 is 2.00 bits per heavy atom. The molecule has 0 radical (unpaired) electrons. The lowest BCUT2D eigenvalue weighted by atomic mass is 10.0. The lowest BCUT2D eigenvalue weighted by molar-refractivity contribution is 0.146. The largest absolute Gasteiger partial charge is 0.491 e. The molecule has 2 aromatic carbocycles. The van der Waals surface area contributed by atoms with Gasteiger partial charge in [-0.2, -0.15) is 0 Å². The van der Waals surface area contributed by atoms with Crippen LogP contribution in [0.5, 0.6) is 5.75 Å². The highest BCUT2D eigenvalue weighted by Crippen LogP contribution is 2.38. The molecule has 0 atom stereocenters. The zero-order valence-electron chi connectivity index (χ0n) is 13.5. The lowest BCUT2D eigenvalue weighted by Crippen LogP contribution is -2.04. The van der Waals surface area contributed by atoms with Crippen LogP contribution in [0.3, 0.4) is 0 Å². The van der Waals surface area contributed by atoms with Gasteiger partial charge in [0.2, 0.25) is 0 Å². The predicted octanol–water partition coefficient (Wildman–Crippen LogP) is 4.86. The quantitative estimate of drug-likeness (QED) is 0.540. The molecule has 122 valence electrons. The van der Waals surface area contributed by atoms with Crippen molar-refractivity contribution in [3.8, 4) is 5.75 Å². The molecule has 4 nitrogen and oxygen atoms in total. The van der Waals surface area contributed by atoms with Crippen LogP contribution in [0.4, 0.5) is 0 Å². The first-order chi connectivity index (χ1) is 11.7. The summed E-state index contributed by atoms with van der Waals surface area (Å²) in [6.07, 6.45) is 3.75. The summed E-state index contributed by atoms with van der Waals surface area (Å²) in [4.78, 5) is 7.81. The molecular weight excluding hydrogens is 324 g/mol. The zero-order valence-corrected chi connectivity index (χ0v) is 14.3. The molecule has 4 aromatic rings. The van der Waals surface area contributed by atoms with Gasteiger partial charge in [-0.1, -0.05) is 17.7 Å². The fourth-order valence-electron chi connectivity index (χ4n) is 3.15. The highest BCUT2D eigenvalue weighted by Gasteiger charge is 2.13. The minimum absolute atomic E-state index is 0.497. The first-order valence-electron chi connectivity index (χ1n) is 7.79.